The molecule has 1 fully saturated rings. The van der Waals surface area contributed by atoms with E-state index in [0.29, 0.717) is 16.5 Å². The molecule has 6 amide bonds. The third-order valence-electron chi connectivity index (χ3n) is 16.9. The lowest BCUT2D eigenvalue weighted by molar-refractivity contribution is -0.280. The first-order valence-electron chi connectivity index (χ1n) is 31.3. The van der Waals surface area contributed by atoms with Crippen LogP contribution in [0.1, 0.15) is 125 Å². The number of allylic oxidation sites excluding steroid dienone is 1. The first kappa shape index (κ1) is 74.9. The fraction of sp³-hybridized carbons (Fsp3) is 0.387. The molecule has 8 aromatic rings. The van der Waals surface area contributed by atoms with Gasteiger partial charge in [-0.1, -0.05) is 12.1 Å². The second kappa shape index (κ2) is 30.4. The number of cyclic esters (lactones) is 2. The predicted molar refractivity (Wildman–Crippen MR) is 374 cm³/mol. The van der Waals surface area contributed by atoms with Crippen molar-refractivity contribution in [2.24, 2.45) is 5.73 Å². The van der Waals surface area contributed by atoms with Gasteiger partial charge in [-0.15, -0.1) is 68.4 Å². The number of carbonyl (C=O) groups is 8. The molecule has 0 saturated carbocycles. The van der Waals surface area contributed by atoms with Crippen molar-refractivity contribution in [3.63, 3.8) is 0 Å². The number of aliphatic hydroxyl groups is 2. The van der Waals surface area contributed by atoms with E-state index < -0.39 is 158 Å². The number of thioether (sulfide) groups is 1. The van der Waals surface area contributed by atoms with E-state index in [1.807, 2.05) is 0 Å². The molecule has 12 rings (SSSR count). The number of methoxy groups -OCH3 is 1. The van der Waals surface area contributed by atoms with Crippen molar-refractivity contribution < 1.29 is 102 Å². The molecule has 4 aliphatic rings. The van der Waals surface area contributed by atoms with Crippen molar-refractivity contribution >= 4 is 140 Å². The van der Waals surface area contributed by atoms with Gasteiger partial charge < -0.3 is 96.0 Å². The number of amides is 6. The molecule has 4 aliphatic heterocycles. The molecule has 104 heavy (non-hydrogen) atoms. The molecular weight excluding hydrogens is 1500 g/mol. The number of hydrogen-bond donors (Lipinski definition) is 12. The van der Waals surface area contributed by atoms with E-state index in [9.17, 15) is 54.1 Å². The minimum atomic E-state index is -4.48. The summed E-state index contributed by atoms with van der Waals surface area (Å²) < 4.78 is 49.7. The summed E-state index contributed by atoms with van der Waals surface area (Å²) in [7, 11) is 0.324. The number of ether oxygens (including phenoxy) is 6. The number of esters is 2. The van der Waals surface area contributed by atoms with E-state index in [4.69, 9.17) is 49.1 Å². The van der Waals surface area contributed by atoms with Crippen LogP contribution < -0.4 is 32.3 Å². The van der Waals surface area contributed by atoms with Gasteiger partial charge >= 0.3 is 19.5 Å². The number of nitrogens with zero attached hydrogens (tertiary/aromatic N) is 8. The molecule has 7 aromatic heterocycles. The van der Waals surface area contributed by atoms with Gasteiger partial charge in [0, 0.05) is 55.6 Å². The zero-order valence-corrected chi connectivity index (χ0v) is 61.4. The molecule has 35 nitrogen and oxygen atoms in total. The Morgan fingerprint density at radius 1 is 0.875 bits per heavy atom. The summed E-state index contributed by atoms with van der Waals surface area (Å²) >= 11 is 4.98. The van der Waals surface area contributed by atoms with Crippen molar-refractivity contribution in [2.45, 2.75) is 113 Å². The maximum atomic E-state index is 15.2. The number of nitrogens with one attached hydrogen (secondary N) is 5. The van der Waals surface area contributed by atoms with Crippen LogP contribution in [0.25, 0.3) is 49.3 Å². The zero-order chi connectivity index (χ0) is 74.5. The molecule has 550 valence electrons. The van der Waals surface area contributed by atoms with E-state index in [-0.39, 0.29) is 116 Å². The molecule has 11 heterocycles. The minimum Gasteiger partial charge on any atom is -0.506 e. The molecule has 11 atom stereocenters. The Kier molecular flexibility index (Phi) is 21.9. The van der Waals surface area contributed by atoms with E-state index in [0.717, 1.165) is 56.7 Å². The van der Waals surface area contributed by atoms with Crippen LogP contribution in [0, 0.1) is 0 Å². The Morgan fingerprint density at radius 2 is 1.54 bits per heavy atom. The molecule has 2 unspecified atom stereocenters. The largest absolute Gasteiger partial charge is 0.506 e. The fourth-order valence-corrected chi connectivity index (χ4v) is 18.3. The Hall–Kier alpha value is -8.78. The molecule has 13 N–H and O–H groups in total. The van der Waals surface area contributed by atoms with Crippen molar-refractivity contribution in [2.75, 3.05) is 39.7 Å². The third kappa shape index (κ3) is 15.6. The molecule has 0 spiro atoms. The van der Waals surface area contributed by atoms with Crippen LogP contribution in [-0.4, -0.2) is 211 Å². The zero-order valence-electron chi connectivity index (χ0n) is 55.6. The van der Waals surface area contributed by atoms with Gasteiger partial charge in [0.05, 0.1) is 49.2 Å². The van der Waals surface area contributed by atoms with Gasteiger partial charge in [0.15, 0.2) is 23.5 Å². The molecular formula is C62H65N14O21PS6. The fourth-order valence-electron chi connectivity index (χ4n) is 12.1. The van der Waals surface area contributed by atoms with Gasteiger partial charge in [-0.2, -0.15) is 4.73 Å². The molecule has 1 aromatic carbocycles. The van der Waals surface area contributed by atoms with Gasteiger partial charge in [-0.05, 0) is 59.5 Å². The van der Waals surface area contributed by atoms with Gasteiger partial charge in [0.2, 0.25) is 5.91 Å². The lowest BCUT2D eigenvalue weighted by Crippen LogP contribution is -2.62. The summed E-state index contributed by atoms with van der Waals surface area (Å²) in [5.41, 5.74) is 2.19. The van der Waals surface area contributed by atoms with Crippen LogP contribution >= 0.6 is 76.0 Å². The van der Waals surface area contributed by atoms with Crippen LogP contribution in [-0.2, 0) is 60.6 Å². The van der Waals surface area contributed by atoms with Crippen LogP contribution in [0.3, 0.4) is 0 Å². The number of nitrogens with two attached hydrogens (primary N) is 1. The monoisotopic (exact) mass is 1560 g/mol. The number of carbonyl (C=O) groups excluding carboxylic acids is 8. The molecule has 1 saturated heterocycles. The number of benzene rings is 1. The van der Waals surface area contributed by atoms with Crippen molar-refractivity contribution in [1.82, 2.24) is 66.1 Å². The highest BCUT2D eigenvalue weighted by Gasteiger charge is 2.50. The first-order valence-corrected chi connectivity index (χ1v) is 38.6. The highest BCUT2D eigenvalue weighted by molar-refractivity contribution is 8.00. The number of aromatic hydroxyl groups is 1. The number of aliphatic hydroxyl groups excluding tert-OH is 1. The van der Waals surface area contributed by atoms with Gasteiger partial charge in [-0.25, -0.2) is 39.5 Å². The highest BCUT2D eigenvalue weighted by atomic mass is 32.2. The number of fused-ring (bicyclic) bond motifs is 15. The maximum absolute atomic E-state index is 15.2. The van der Waals surface area contributed by atoms with E-state index in [1.54, 1.807) is 45.0 Å². The number of thiazole rings is 5. The maximum Gasteiger partial charge on any atom is 0.358 e. The smallest absolute Gasteiger partial charge is 0.358 e. The van der Waals surface area contributed by atoms with Crippen molar-refractivity contribution in [1.29, 1.82) is 0 Å². The Balaban J connectivity index is 1.02. The topological polar surface area (TPSA) is 502 Å². The van der Waals surface area contributed by atoms with Crippen LogP contribution in [0.5, 0.6) is 5.75 Å². The lowest BCUT2D eigenvalue weighted by atomic mass is 9.85. The molecule has 0 radical (unpaired) electrons. The number of primary amides is 1. The van der Waals surface area contributed by atoms with E-state index in [1.165, 1.54) is 60.0 Å². The number of likely N-dealkylation sites (N-methyl/N-ethyl adjacent to an activating group) is 1. The molecule has 12 bridgehead atoms. The van der Waals surface area contributed by atoms with Crippen molar-refractivity contribution in [3.05, 3.63) is 112 Å². The second-order valence-corrected chi connectivity index (χ2v) is 31.9. The summed E-state index contributed by atoms with van der Waals surface area (Å²) in [6.45, 7) is 4.11. The normalized spacial score (nSPS) is 23.8. The second-order valence-electron chi connectivity index (χ2n) is 24.5. The number of hydrogen-bond acceptors (Lipinski definition) is 32. The summed E-state index contributed by atoms with van der Waals surface area (Å²) in [5.74, 6) is -8.85. The highest BCUT2D eigenvalue weighted by Crippen LogP contribution is 2.43. The first-order chi connectivity index (χ1) is 49.4. The third-order valence-corrected chi connectivity index (χ3v) is 23.6. The summed E-state index contributed by atoms with van der Waals surface area (Å²) in [6.07, 6.45) is -8.29. The van der Waals surface area contributed by atoms with Gasteiger partial charge in [0.1, 0.15) is 120 Å². The quantitative estimate of drug-likeness (QED) is 0.0258. The summed E-state index contributed by atoms with van der Waals surface area (Å²) in [5, 5.41) is 65.9. The van der Waals surface area contributed by atoms with Crippen LogP contribution in [0.2, 0.25) is 0 Å². The van der Waals surface area contributed by atoms with E-state index >= 15 is 19.2 Å². The van der Waals surface area contributed by atoms with Crippen LogP contribution in [0.4, 0.5) is 0 Å². The Labute approximate surface area is 612 Å². The predicted octanol–water partition coefficient (Wildman–Crippen LogP) is 3.61. The number of pyridine rings is 1. The molecule has 0 aliphatic carbocycles. The molecule has 42 heteroatoms. The number of aromatic nitrogens is 7. The number of rotatable bonds is 13. The van der Waals surface area contributed by atoms with Gasteiger partial charge in [-0.3, -0.25) is 33.3 Å². The minimum absolute atomic E-state index is 0.00397. The van der Waals surface area contributed by atoms with Crippen molar-refractivity contribution in [3.8, 4) is 38.4 Å². The average Bonchev–Trinajstić information content (AvgIpc) is 1.57. The Morgan fingerprint density at radius 3 is 2.24 bits per heavy atom. The average molecular weight is 1570 g/mol. The SMILES string of the molecule is CO/C(C)=C1/NC(=O)C([C@@H](C)O)NC(=O)c2csc(n2)-c2cc(O)c(-c3nc(C(=O)NC(SCCP(=O)(O)O)C(N)=O)cs3)nc2-c2csc(n2)[C@@H]2COC(=O)c3c4c5c(cccc5n3O)COC(=O)[C@@H](O[C@H]3C[C@](C)(O)[C@H](N(C)C)[C@H](C)O3)[C@@H](OC4)[C@H](NC(=O)c3csc1n3)c1nc(cs1)C(=O)N2. The Bertz CT molecular complexity index is 4810. The van der Waals surface area contributed by atoms with Crippen LogP contribution in [0.15, 0.2) is 56.9 Å². The van der Waals surface area contributed by atoms with E-state index in [2.05, 4.69) is 41.5 Å². The lowest BCUT2D eigenvalue weighted by Gasteiger charge is -2.48. The summed E-state index contributed by atoms with van der Waals surface area (Å²) in [4.78, 5) is 164. The standard InChI is InChI=1S/C62H65N14O21PS6/c1-23(77)39-53(84)72-40(24(2)92-7)56-67-33(21-102-56)51(82)73-43-45-46(97-37-14-62(4,87)47(75(5)6)25(3)96-37)61(86)94-15-26-9-8-10-35-38(26)28(16-93-45)44(76(35)88)60(85)95-17-29(64-49(80)31-20-104-58(43)69-31)55-65-30(18-101-55)41-27(54-66-32(19-100-54)50(81)71-39)13-36(78)42(70-41)57-68-34(22-103-57)52(83)74-59(48(63)79)99-12-11-98(89,90)91/h8-10,13,18-23,25,29,37,39,43,45-47,59,77-78,87-88H,11-12,14-17H2,1-7H3,(H2,63,79)(H,64,80)(H,71,81)(H,72,84)(H,73,82)(H,74,83)(H2,89,90,91)/b40-24+/t23-,25+,29+,37+,39?,43+,45+,46+,47-,59?,62+/m1/s1. The van der Waals surface area contributed by atoms with Gasteiger partial charge in [0.25, 0.3) is 29.5 Å². The summed E-state index contributed by atoms with van der Waals surface area (Å²) in [6, 6.07) is 0.453.